The first-order valence-electron chi connectivity index (χ1n) is 10.6. The molecule has 1 amide bonds. The summed E-state index contributed by atoms with van der Waals surface area (Å²) in [6.45, 7) is 5.36. The van der Waals surface area contributed by atoms with Crippen LogP contribution in [0.15, 0.2) is 100 Å². The Hall–Kier alpha value is -3.05. The molecular weight excluding hydrogens is 402 g/mol. The maximum atomic E-state index is 12.8. The van der Waals surface area contributed by atoms with Crippen LogP contribution in [0, 0.1) is 5.92 Å². The number of thioether (sulfide) groups is 1. The minimum absolute atomic E-state index is 0.176. The Morgan fingerprint density at radius 2 is 1.65 bits per heavy atom. The lowest BCUT2D eigenvalue weighted by atomic mass is 9.90. The first-order valence-corrected chi connectivity index (χ1v) is 11.4. The van der Waals surface area contributed by atoms with Crippen molar-refractivity contribution in [1.82, 2.24) is 4.90 Å². The average Bonchev–Trinajstić information content (AvgIpc) is 3.15. The Labute approximate surface area is 188 Å². The molecule has 5 heteroatoms. The van der Waals surface area contributed by atoms with Crippen molar-refractivity contribution in [3.8, 4) is 0 Å². The monoisotopic (exact) mass is 429 g/mol. The highest BCUT2D eigenvalue weighted by atomic mass is 32.2. The van der Waals surface area contributed by atoms with Gasteiger partial charge >= 0.3 is 0 Å². The minimum Gasteiger partial charge on any atom is -0.378 e. The fourth-order valence-electron chi connectivity index (χ4n) is 3.70. The molecule has 0 spiro atoms. The van der Waals surface area contributed by atoms with E-state index in [1.807, 2.05) is 71.6 Å². The standard InChI is InChI=1S/C26H27N3OS/c1-4-28(3)23-16-15-20(19(2)17-23)18-24-25(30)27-26(31-24)29(21-11-7-5-8-12-21)22-13-9-6-10-14-22/h5-16,18-19H,4,17H2,1-3H3/b24-18+. The predicted molar refractivity (Wildman–Crippen MR) is 131 cm³/mol. The lowest BCUT2D eigenvalue weighted by Crippen LogP contribution is -2.21. The number of allylic oxidation sites excluding steroid dienone is 5. The van der Waals surface area contributed by atoms with Gasteiger partial charge in [0.05, 0.1) is 4.91 Å². The number of amidine groups is 1. The first-order chi connectivity index (χ1) is 15.1. The summed E-state index contributed by atoms with van der Waals surface area (Å²) in [5.41, 5.74) is 4.47. The molecule has 1 heterocycles. The number of carbonyl (C=O) groups excluding carboxylic acids is 1. The molecule has 0 bridgehead atoms. The van der Waals surface area contributed by atoms with Crippen LogP contribution in [-0.4, -0.2) is 29.6 Å². The minimum atomic E-state index is -0.176. The van der Waals surface area contributed by atoms with Gasteiger partial charge in [-0.15, -0.1) is 0 Å². The van der Waals surface area contributed by atoms with E-state index < -0.39 is 0 Å². The summed E-state index contributed by atoms with van der Waals surface area (Å²) in [7, 11) is 2.12. The molecule has 0 fully saturated rings. The Balaban J connectivity index is 1.62. The molecule has 31 heavy (non-hydrogen) atoms. The first kappa shape index (κ1) is 21.2. The number of aliphatic imine (C=N–C) groups is 1. The van der Waals surface area contributed by atoms with E-state index in [1.165, 1.54) is 23.0 Å². The lowest BCUT2D eigenvalue weighted by molar-refractivity contribution is -0.113. The summed E-state index contributed by atoms with van der Waals surface area (Å²) in [4.78, 5) is 22.2. The summed E-state index contributed by atoms with van der Waals surface area (Å²) in [6.07, 6.45) is 7.30. The number of hydrogen-bond donors (Lipinski definition) is 0. The van der Waals surface area contributed by atoms with Crippen molar-refractivity contribution in [3.05, 3.63) is 95.1 Å². The van der Waals surface area contributed by atoms with Gasteiger partial charge in [0.2, 0.25) is 0 Å². The highest BCUT2D eigenvalue weighted by molar-refractivity contribution is 8.18. The van der Waals surface area contributed by atoms with Gasteiger partial charge in [0.15, 0.2) is 5.17 Å². The fraction of sp³-hybridized carbons (Fsp3) is 0.231. The quantitative estimate of drug-likeness (QED) is 0.535. The molecule has 4 nitrogen and oxygen atoms in total. The molecule has 158 valence electrons. The van der Waals surface area contributed by atoms with Gasteiger partial charge in [0.1, 0.15) is 0 Å². The van der Waals surface area contributed by atoms with E-state index in [0.29, 0.717) is 16.0 Å². The summed E-state index contributed by atoms with van der Waals surface area (Å²) < 4.78 is 0. The molecule has 0 aromatic heterocycles. The van der Waals surface area contributed by atoms with Crippen LogP contribution in [0.5, 0.6) is 0 Å². The second kappa shape index (κ2) is 9.40. The number of hydrogen-bond acceptors (Lipinski definition) is 4. The van der Waals surface area contributed by atoms with Crippen molar-refractivity contribution in [2.24, 2.45) is 10.9 Å². The van der Waals surface area contributed by atoms with Gasteiger partial charge in [-0.25, -0.2) is 0 Å². The molecule has 2 aliphatic rings. The van der Waals surface area contributed by atoms with Crippen LogP contribution in [-0.2, 0) is 4.79 Å². The number of anilines is 2. The Morgan fingerprint density at radius 3 is 2.19 bits per heavy atom. The van der Waals surface area contributed by atoms with Crippen molar-refractivity contribution in [1.29, 1.82) is 0 Å². The van der Waals surface area contributed by atoms with Gasteiger partial charge in [-0.2, -0.15) is 4.99 Å². The van der Waals surface area contributed by atoms with E-state index in [4.69, 9.17) is 0 Å². The predicted octanol–water partition coefficient (Wildman–Crippen LogP) is 6.14. The second-order valence-electron chi connectivity index (χ2n) is 7.76. The smallest absolute Gasteiger partial charge is 0.286 e. The topological polar surface area (TPSA) is 35.9 Å². The molecular formula is C26H27N3OS. The maximum absolute atomic E-state index is 12.8. The average molecular weight is 430 g/mol. The Bertz CT molecular complexity index is 1030. The Kier molecular flexibility index (Phi) is 6.42. The molecule has 1 atom stereocenters. The third kappa shape index (κ3) is 4.67. The van der Waals surface area contributed by atoms with Crippen LogP contribution >= 0.6 is 11.8 Å². The van der Waals surface area contributed by atoms with E-state index in [0.717, 1.165) is 24.3 Å². The van der Waals surface area contributed by atoms with Gasteiger partial charge in [-0.05, 0) is 73.0 Å². The summed E-state index contributed by atoms with van der Waals surface area (Å²) in [5.74, 6) is 0.184. The highest BCUT2D eigenvalue weighted by Gasteiger charge is 2.29. The van der Waals surface area contributed by atoms with E-state index in [1.54, 1.807) is 0 Å². The summed E-state index contributed by atoms with van der Waals surface area (Å²) >= 11 is 1.44. The van der Waals surface area contributed by atoms with Crippen molar-refractivity contribution in [2.75, 3.05) is 18.5 Å². The van der Waals surface area contributed by atoms with Gasteiger partial charge in [0.25, 0.3) is 5.91 Å². The number of para-hydroxylation sites is 2. The van der Waals surface area contributed by atoms with Crippen LogP contribution in [0.4, 0.5) is 11.4 Å². The largest absolute Gasteiger partial charge is 0.378 e. The molecule has 1 unspecified atom stereocenters. The number of nitrogens with zero attached hydrogens (tertiary/aromatic N) is 3. The summed E-state index contributed by atoms with van der Waals surface area (Å²) in [5, 5.41) is 0.680. The molecule has 1 aliphatic carbocycles. The van der Waals surface area contributed by atoms with E-state index in [2.05, 4.69) is 42.9 Å². The van der Waals surface area contributed by atoms with Crippen LogP contribution in [0.2, 0.25) is 0 Å². The van der Waals surface area contributed by atoms with Gasteiger partial charge in [-0.1, -0.05) is 49.4 Å². The van der Waals surface area contributed by atoms with E-state index >= 15 is 0 Å². The molecule has 0 saturated heterocycles. The number of benzene rings is 2. The molecule has 1 aliphatic heterocycles. The van der Waals surface area contributed by atoms with Gasteiger partial charge in [0, 0.05) is 30.7 Å². The van der Waals surface area contributed by atoms with E-state index in [-0.39, 0.29) is 5.91 Å². The molecule has 0 saturated carbocycles. The maximum Gasteiger partial charge on any atom is 0.286 e. The lowest BCUT2D eigenvalue weighted by Gasteiger charge is -2.27. The van der Waals surface area contributed by atoms with Crippen molar-refractivity contribution in [3.63, 3.8) is 0 Å². The van der Waals surface area contributed by atoms with Crippen LogP contribution < -0.4 is 4.90 Å². The van der Waals surface area contributed by atoms with Gasteiger partial charge in [-0.3, -0.25) is 9.69 Å². The second-order valence-corrected chi connectivity index (χ2v) is 8.77. The Morgan fingerprint density at radius 1 is 1.03 bits per heavy atom. The van der Waals surface area contributed by atoms with Crippen LogP contribution in [0.1, 0.15) is 20.3 Å². The zero-order valence-corrected chi connectivity index (χ0v) is 19.0. The number of amides is 1. The highest BCUT2D eigenvalue weighted by Crippen LogP contribution is 2.37. The number of carbonyl (C=O) groups is 1. The van der Waals surface area contributed by atoms with Crippen molar-refractivity contribution in [2.45, 2.75) is 20.3 Å². The van der Waals surface area contributed by atoms with Gasteiger partial charge < -0.3 is 4.90 Å². The molecule has 0 N–H and O–H groups in total. The van der Waals surface area contributed by atoms with Crippen LogP contribution in [0.25, 0.3) is 0 Å². The molecule has 4 rings (SSSR count). The molecule has 2 aromatic carbocycles. The third-order valence-electron chi connectivity index (χ3n) is 5.64. The van der Waals surface area contributed by atoms with Crippen molar-refractivity contribution < 1.29 is 4.79 Å². The van der Waals surface area contributed by atoms with E-state index in [9.17, 15) is 4.79 Å². The molecule has 0 radical (unpaired) electrons. The van der Waals surface area contributed by atoms with Crippen molar-refractivity contribution >= 4 is 34.2 Å². The number of rotatable bonds is 5. The SMILES string of the molecule is CCN(C)C1=CC=C(/C=C2/SC(N(c3ccccc3)c3ccccc3)=NC2=O)C(C)C1. The summed E-state index contributed by atoms with van der Waals surface area (Å²) in [6, 6.07) is 20.1. The third-order valence-corrected chi connectivity index (χ3v) is 6.61. The zero-order chi connectivity index (χ0) is 21.8. The molecule has 2 aromatic rings. The normalized spacial score (nSPS) is 19.7. The van der Waals surface area contributed by atoms with Crippen LogP contribution in [0.3, 0.4) is 0 Å². The zero-order valence-electron chi connectivity index (χ0n) is 18.2. The fourth-order valence-corrected chi connectivity index (χ4v) is 4.66.